The maximum Gasteiger partial charge on any atom is 0.240 e. The number of nitrogens with zero attached hydrogens (tertiary/aromatic N) is 1. The second-order valence-corrected chi connectivity index (χ2v) is 11.2. The molecule has 0 radical (unpaired) electrons. The molecule has 1 heterocycles. The van der Waals surface area contributed by atoms with Crippen LogP contribution >= 0.6 is 0 Å². The molecular weight excluding hydrogens is 500 g/mol. The summed E-state index contributed by atoms with van der Waals surface area (Å²) in [5, 5.41) is 15.2. The molecule has 38 heavy (non-hydrogen) atoms. The molecule has 196 valence electrons. The Bertz CT molecular complexity index is 1360. The van der Waals surface area contributed by atoms with E-state index in [2.05, 4.69) is 21.4 Å². The minimum atomic E-state index is -3.82. The zero-order valence-electron chi connectivity index (χ0n) is 21.0. The highest BCUT2D eigenvalue weighted by Gasteiger charge is 2.37. The number of carbonyl (C=O) groups excluding carboxylic acids is 2. The molecule has 0 aliphatic carbocycles. The van der Waals surface area contributed by atoms with Crippen molar-refractivity contribution in [1.29, 1.82) is 5.26 Å². The number of benzene rings is 3. The van der Waals surface area contributed by atoms with Gasteiger partial charge in [0.1, 0.15) is 12.1 Å². The summed E-state index contributed by atoms with van der Waals surface area (Å²) in [6, 6.07) is 24.2. The number of amides is 1. The summed E-state index contributed by atoms with van der Waals surface area (Å²) in [6.45, 7) is 0.701. The van der Waals surface area contributed by atoms with Gasteiger partial charge in [0.2, 0.25) is 15.9 Å². The Balaban J connectivity index is 1.75. The second-order valence-electron chi connectivity index (χ2n) is 9.39. The third-order valence-electron chi connectivity index (χ3n) is 6.62. The number of hydrogen-bond acceptors (Lipinski definition) is 6. The van der Waals surface area contributed by atoms with Gasteiger partial charge in [0.15, 0.2) is 5.78 Å². The van der Waals surface area contributed by atoms with E-state index in [1.165, 1.54) is 0 Å². The lowest BCUT2D eigenvalue weighted by atomic mass is 9.84. The molecule has 1 saturated heterocycles. The molecule has 9 heteroatoms. The normalized spacial score (nSPS) is 16.9. The van der Waals surface area contributed by atoms with Crippen molar-refractivity contribution >= 4 is 21.7 Å². The van der Waals surface area contributed by atoms with Crippen LogP contribution < -0.4 is 15.4 Å². The fourth-order valence-electron chi connectivity index (χ4n) is 4.83. The van der Waals surface area contributed by atoms with Crippen molar-refractivity contribution < 1.29 is 18.0 Å². The van der Waals surface area contributed by atoms with Crippen LogP contribution in [0.5, 0.6) is 0 Å². The molecule has 4 rings (SSSR count). The molecule has 3 aromatic carbocycles. The Hall–Kier alpha value is -3.84. The quantitative estimate of drug-likeness (QED) is 0.370. The first-order valence-electron chi connectivity index (χ1n) is 12.4. The Kier molecular flexibility index (Phi) is 8.69. The van der Waals surface area contributed by atoms with Gasteiger partial charge in [0, 0.05) is 5.92 Å². The first-order valence-corrected chi connectivity index (χ1v) is 14.3. The summed E-state index contributed by atoms with van der Waals surface area (Å²) in [4.78, 5) is 27.5. The largest absolute Gasteiger partial charge is 0.341 e. The van der Waals surface area contributed by atoms with E-state index in [1.807, 2.05) is 60.7 Å². The lowest BCUT2D eigenvalue weighted by molar-refractivity contribution is -0.130. The molecule has 8 nitrogen and oxygen atoms in total. The van der Waals surface area contributed by atoms with Gasteiger partial charge in [-0.3, -0.25) is 9.59 Å². The summed E-state index contributed by atoms with van der Waals surface area (Å²) in [5.74, 6) is -1.50. The minimum Gasteiger partial charge on any atom is -0.341 e. The molecular formula is C29H30N4O4S. The summed E-state index contributed by atoms with van der Waals surface area (Å²) >= 11 is 0. The van der Waals surface area contributed by atoms with Crippen LogP contribution in [0.4, 0.5) is 0 Å². The van der Waals surface area contributed by atoms with E-state index < -0.39 is 40.0 Å². The van der Waals surface area contributed by atoms with Gasteiger partial charge in [-0.1, -0.05) is 72.8 Å². The Morgan fingerprint density at radius 2 is 1.50 bits per heavy atom. The molecule has 3 aromatic rings. The number of ketones is 1. The first kappa shape index (κ1) is 27.2. The lowest BCUT2D eigenvalue weighted by Crippen LogP contribution is -2.53. The lowest BCUT2D eigenvalue weighted by Gasteiger charge is -2.30. The Morgan fingerprint density at radius 1 is 0.921 bits per heavy atom. The fraction of sp³-hybridized carbons (Fsp3) is 0.276. The number of sulfonamides is 1. The van der Waals surface area contributed by atoms with Crippen LogP contribution in [-0.2, 0) is 19.6 Å². The molecule has 1 unspecified atom stereocenters. The van der Waals surface area contributed by atoms with Gasteiger partial charge >= 0.3 is 0 Å². The van der Waals surface area contributed by atoms with Crippen LogP contribution in [0.15, 0.2) is 84.9 Å². The SMILES string of the molecule is CS(=O)(=O)N[C@@H](C(=O)NC(C(=O)[C@@H]1CCCN1)c1ccc(C#N)cc1)C(c1ccccc1)c1ccccc1. The summed E-state index contributed by atoms with van der Waals surface area (Å²) in [5.41, 5.74) is 2.43. The van der Waals surface area contributed by atoms with E-state index in [0.717, 1.165) is 23.8 Å². The number of Topliss-reactive ketones (excluding diaryl/α,β-unsaturated/α-hetero) is 1. The molecule has 0 aromatic heterocycles. The van der Waals surface area contributed by atoms with E-state index in [-0.39, 0.29) is 5.78 Å². The van der Waals surface area contributed by atoms with Crippen LogP contribution in [0.2, 0.25) is 0 Å². The Labute approximate surface area is 223 Å². The summed E-state index contributed by atoms with van der Waals surface area (Å²) < 4.78 is 27.5. The maximum absolute atomic E-state index is 14.0. The summed E-state index contributed by atoms with van der Waals surface area (Å²) in [7, 11) is -3.82. The first-order chi connectivity index (χ1) is 18.3. The third-order valence-corrected chi connectivity index (χ3v) is 7.30. The number of hydrogen-bond donors (Lipinski definition) is 3. The predicted octanol–water partition coefficient (Wildman–Crippen LogP) is 2.79. The van der Waals surface area contributed by atoms with E-state index in [1.54, 1.807) is 24.3 Å². The Morgan fingerprint density at radius 3 is 1.97 bits per heavy atom. The van der Waals surface area contributed by atoms with Crippen molar-refractivity contribution in [2.75, 3.05) is 12.8 Å². The number of carbonyl (C=O) groups is 2. The van der Waals surface area contributed by atoms with Gasteiger partial charge in [-0.05, 0) is 48.2 Å². The molecule has 0 saturated carbocycles. The smallest absolute Gasteiger partial charge is 0.240 e. The molecule has 1 aliphatic rings. The van der Waals surface area contributed by atoms with Crippen LogP contribution in [0, 0.1) is 11.3 Å². The average Bonchev–Trinajstić information content (AvgIpc) is 3.47. The number of rotatable bonds is 10. The predicted molar refractivity (Wildman–Crippen MR) is 145 cm³/mol. The van der Waals surface area contributed by atoms with Gasteiger partial charge in [-0.15, -0.1) is 0 Å². The third kappa shape index (κ3) is 6.72. The van der Waals surface area contributed by atoms with E-state index in [4.69, 9.17) is 0 Å². The van der Waals surface area contributed by atoms with E-state index >= 15 is 0 Å². The van der Waals surface area contributed by atoms with Crippen molar-refractivity contribution in [3.63, 3.8) is 0 Å². The molecule has 0 bridgehead atoms. The van der Waals surface area contributed by atoms with Crippen LogP contribution in [0.25, 0.3) is 0 Å². The van der Waals surface area contributed by atoms with Crippen molar-refractivity contribution in [1.82, 2.24) is 15.4 Å². The topological polar surface area (TPSA) is 128 Å². The molecule has 0 spiro atoms. The van der Waals surface area contributed by atoms with Gasteiger partial charge in [-0.2, -0.15) is 5.26 Å². The molecule has 3 atom stereocenters. The highest BCUT2D eigenvalue weighted by molar-refractivity contribution is 7.88. The van der Waals surface area contributed by atoms with Crippen molar-refractivity contribution in [2.24, 2.45) is 0 Å². The standard InChI is InChI=1S/C29H30N4O4S/c1-38(36,37)33-27(25(21-9-4-2-5-10-21)22-11-6-3-7-12-22)29(35)32-26(28(34)24-13-8-18-31-24)23-16-14-20(19-30)15-17-23/h2-7,9-12,14-17,24-27,31,33H,8,13,18H2,1H3,(H,32,35)/t24-,26?,27+/m0/s1. The van der Waals surface area contributed by atoms with Gasteiger partial charge in [0.25, 0.3) is 0 Å². The zero-order chi connectivity index (χ0) is 27.1. The molecule has 1 aliphatic heterocycles. The molecule has 3 N–H and O–H groups in total. The molecule has 1 amide bonds. The molecule has 1 fully saturated rings. The van der Waals surface area contributed by atoms with Crippen molar-refractivity contribution in [2.45, 2.75) is 36.9 Å². The second kappa shape index (κ2) is 12.1. The van der Waals surface area contributed by atoms with Crippen LogP contribution in [0.3, 0.4) is 0 Å². The number of nitrogens with one attached hydrogen (secondary N) is 3. The van der Waals surface area contributed by atoms with Crippen molar-refractivity contribution in [3.8, 4) is 6.07 Å². The highest BCUT2D eigenvalue weighted by atomic mass is 32.2. The van der Waals surface area contributed by atoms with Gasteiger partial charge < -0.3 is 10.6 Å². The zero-order valence-corrected chi connectivity index (χ0v) is 21.8. The maximum atomic E-state index is 14.0. The number of nitriles is 1. The van der Waals surface area contributed by atoms with Gasteiger partial charge in [0.05, 0.1) is 23.9 Å². The fourth-order valence-corrected chi connectivity index (χ4v) is 5.54. The minimum absolute atomic E-state index is 0.213. The monoisotopic (exact) mass is 530 g/mol. The van der Waals surface area contributed by atoms with E-state index in [0.29, 0.717) is 24.1 Å². The van der Waals surface area contributed by atoms with Crippen LogP contribution in [0.1, 0.15) is 47.1 Å². The highest BCUT2D eigenvalue weighted by Crippen LogP contribution is 2.30. The van der Waals surface area contributed by atoms with Crippen molar-refractivity contribution in [3.05, 3.63) is 107 Å². The average molecular weight is 531 g/mol. The van der Waals surface area contributed by atoms with Crippen LogP contribution in [-0.4, -0.2) is 45.0 Å². The van der Waals surface area contributed by atoms with Gasteiger partial charge in [-0.25, -0.2) is 13.1 Å². The summed E-state index contributed by atoms with van der Waals surface area (Å²) in [6.07, 6.45) is 2.49. The van der Waals surface area contributed by atoms with E-state index in [9.17, 15) is 23.3 Å².